The molecule has 0 fully saturated rings. The van der Waals surface area contributed by atoms with Crippen molar-refractivity contribution >= 4 is 65.3 Å². The minimum Gasteiger partial charge on any atom is -0.254 e. The second-order valence-corrected chi connectivity index (χ2v) is 13.9. The van der Waals surface area contributed by atoms with Crippen LogP contribution in [0.2, 0.25) is 0 Å². The van der Waals surface area contributed by atoms with Crippen molar-refractivity contribution in [1.82, 2.24) is 19.9 Å². The summed E-state index contributed by atoms with van der Waals surface area (Å²) < 4.78 is 0. The van der Waals surface area contributed by atoms with Crippen LogP contribution in [0.1, 0.15) is 0 Å². The lowest BCUT2D eigenvalue weighted by molar-refractivity contribution is 1.37. The zero-order valence-corrected chi connectivity index (χ0v) is 29.1. The first-order valence-electron chi connectivity index (χ1n) is 18.2. The van der Waals surface area contributed by atoms with Crippen LogP contribution < -0.4 is 0 Å². The lowest BCUT2D eigenvalue weighted by atomic mass is 9.91. The third-order valence-corrected chi connectivity index (χ3v) is 10.7. The molecule has 0 radical (unpaired) electrons. The van der Waals surface area contributed by atoms with Crippen LogP contribution in [0.5, 0.6) is 0 Å². The van der Waals surface area contributed by atoms with E-state index in [2.05, 4.69) is 163 Å². The molecular formula is C50H30N4. The molecule has 4 heterocycles. The molecule has 0 aliphatic heterocycles. The van der Waals surface area contributed by atoms with E-state index >= 15 is 0 Å². The highest BCUT2D eigenvalue weighted by molar-refractivity contribution is 6.08. The lowest BCUT2D eigenvalue weighted by Gasteiger charge is -2.13. The summed E-state index contributed by atoms with van der Waals surface area (Å²) in [7, 11) is 0. The summed E-state index contributed by atoms with van der Waals surface area (Å²) in [5, 5.41) is 7.96. The quantitative estimate of drug-likeness (QED) is 0.137. The average Bonchev–Trinajstić information content (AvgIpc) is 3.25. The Labute approximate surface area is 311 Å². The van der Waals surface area contributed by atoms with Gasteiger partial charge in [-0.25, -0.2) is 9.97 Å². The first kappa shape index (κ1) is 30.3. The third kappa shape index (κ3) is 5.00. The smallest absolute Gasteiger partial charge is 0.0972 e. The van der Waals surface area contributed by atoms with Gasteiger partial charge in [0.25, 0.3) is 0 Å². The Morgan fingerprint density at radius 1 is 0.315 bits per heavy atom. The fraction of sp³-hybridized carbons (Fsp3) is 0. The molecule has 0 unspecified atom stereocenters. The Balaban J connectivity index is 0.909. The maximum Gasteiger partial charge on any atom is 0.0972 e. The first-order valence-corrected chi connectivity index (χ1v) is 18.2. The van der Waals surface area contributed by atoms with Gasteiger partial charge < -0.3 is 0 Å². The highest BCUT2D eigenvalue weighted by Gasteiger charge is 2.13. The molecule has 0 aliphatic rings. The normalized spacial score (nSPS) is 11.7. The predicted octanol–water partition coefficient (Wildman–Crippen LogP) is 12.9. The van der Waals surface area contributed by atoms with Gasteiger partial charge >= 0.3 is 0 Å². The van der Waals surface area contributed by atoms with Gasteiger partial charge in [0.05, 0.1) is 33.3 Å². The van der Waals surface area contributed by atoms with E-state index < -0.39 is 0 Å². The number of hydrogen-bond donors (Lipinski definition) is 0. The largest absolute Gasteiger partial charge is 0.254 e. The molecule has 0 atom stereocenters. The van der Waals surface area contributed by atoms with Gasteiger partial charge in [-0.3, -0.25) is 9.97 Å². The SMILES string of the molecule is c1ccc2nc3c(ccc4cc(-c5ccc(-c6ccc(-c7ccc(-c8ccc9ccc%10cccnc%10c9n8)cc7)c7ccccc67)cc5)cnc43)cc2c1. The first-order chi connectivity index (χ1) is 26.7. The van der Waals surface area contributed by atoms with Crippen LogP contribution in [0, 0.1) is 0 Å². The van der Waals surface area contributed by atoms with Crippen LogP contribution in [-0.4, -0.2) is 19.9 Å². The van der Waals surface area contributed by atoms with Crippen molar-refractivity contribution in [2.45, 2.75) is 0 Å². The van der Waals surface area contributed by atoms with Crippen molar-refractivity contribution in [3.05, 3.63) is 182 Å². The molecule has 0 aliphatic carbocycles. The molecule has 7 aromatic carbocycles. The molecule has 4 nitrogen and oxygen atoms in total. The van der Waals surface area contributed by atoms with Crippen LogP contribution in [0.4, 0.5) is 0 Å². The molecule has 0 N–H and O–H groups in total. The molecule has 0 saturated heterocycles. The zero-order chi connectivity index (χ0) is 35.6. The Morgan fingerprint density at radius 2 is 0.870 bits per heavy atom. The Bertz CT molecular complexity index is 3260. The fourth-order valence-electron chi connectivity index (χ4n) is 7.94. The van der Waals surface area contributed by atoms with Gasteiger partial charge in [-0.2, -0.15) is 0 Å². The number of pyridine rings is 4. The summed E-state index contributed by atoms with van der Waals surface area (Å²) in [6.45, 7) is 0. The Kier molecular flexibility index (Phi) is 6.82. The van der Waals surface area contributed by atoms with Crippen molar-refractivity contribution in [3.8, 4) is 44.6 Å². The number of benzene rings is 7. The topological polar surface area (TPSA) is 51.6 Å². The van der Waals surface area contributed by atoms with Crippen LogP contribution in [0.3, 0.4) is 0 Å². The second kappa shape index (κ2) is 12.1. The minimum atomic E-state index is 0.927. The number of nitrogens with zero attached hydrogens (tertiary/aromatic N) is 4. The Morgan fingerprint density at radius 3 is 1.63 bits per heavy atom. The predicted molar refractivity (Wildman–Crippen MR) is 224 cm³/mol. The summed E-state index contributed by atoms with van der Waals surface area (Å²) in [6, 6.07) is 60.3. The number of para-hydroxylation sites is 1. The fourth-order valence-corrected chi connectivity index (χ4v) is 7.94. The van der Waals surface area contributed by atoms with Crippen LogP contribution >= 0.6 is 0 Å². The zero-order valence-electron chi connectivity index (χ0n) is 29.1. The van der Waals surface area contributed by atoms with Crippen LogP contribution in [0.15, 0.2) is 182 Å². The summed E-state index contributed by atoms with van der Waals surface area (Å²) in [5.74, 6) is 0. The molecule has 4 aromatic heterocycles. The van der Waals surface area contributed by atoms with Crippen molar-refractivity contribution in [1.29, 1.82) is 0 Å². The van der Waals surface area contributed by atoms with Crippen molar-refractivity contribution in [2.75, 3.05) is 0 Å². The van der Waals surface area contributed by atoms with Gasteiger partial charge in [0.1, 0.15) is 0 Å². The molecule has 11 rings (SSSR count). The Hall–Kier alpha value is -7.30. The minimum absolute atomic E-state index is 0.927. The van der Waals surface area contributed by atoms with E-state index in [4.69, 9.17) is 15.0 Å². The van der Waals surface area contributed by atoms with E-state index in [0.29, 0.717) is 0 Å². The highest BCUT2D eigenvalue weighted by atomic mass is 14.8. The van der Waals surface area contributed by atoms with E-state index in [1.807, 2.05) is 24.5 Å². The van der Waals surface area contributed by atoms with Gasteiger partial charge in [-0.1, -0.05) is 140 Å². The van der Waals surface area contributed by atoms with Crippen LogP contribution in [-0.2, 0) is 0 Å². The van der Waals surface area contributed by atoms with E-state index in [-0.39, 0.29) is 0 Å². The van der Waals surface area contributed by atoms with Crippen molar-refractivity contribution in [3.63, 3.8) is 0 Å². The van der Waals surface area contributed by atoms with Gasteiger partial charge in [-0.05, 0) is 68.9 Å². The molecule has 0 saturated carbocycles. The molecule has 11 aromatic rings. The molecule has 0 amide bonds. The molecule has 0 bridgehead atoms. The number of rotatable bonds is 4. The second-order valence-electron chi connectivity index (χ2n) is 13.9. The maximum atomic E-state index is 5.06. The van der Waals surface area contributed by atoms with E-state index in [1.165, 1.54) is 33.0 Å². The lowest BCUT2D eigenvalue weighted by Crippen LogP contribution is -1.90. The third-order valence-electron chi connectivity index (χ3n) is 10.7. The van der Waals surface area contributed by atoms with Crippen molar-refractivity contribution in [2.24, 2.45) is 0 Å². The van der Waals surface area contributed by atoms with Gasteiger partial charge in [-0.15, -0.1) is 0 Å². The van der Waals surface area contributed by atoms with Gasteiger partial charge in [0.15, 0.2) is 0 Å². The van der Waals surface area contributed by atoms with Gasteiger partial charge in [0, 0.05) is 50.5 Å². The van der Waals surface area contributed by atoms with Crippen LogP contribution in [0.25, 0.3) is 110 Å². The van der Waals surface area contributed by atoms with Gasteiger partial charge in [0.2, 0.25) is 0 Å². The molecule has 4 heteroatoms. The van der Waals surface area contributed by atoms with Crippen molar-refractivity contribution < 1.29 is 0 Å². The maximum absolute atomic E-state index is 5.06. The summed E-state index contributed by atoms with van der Waals surface area (Å²) in [4.78, 5) is 19.6. The van der Waals surface area contributed by atoms with E-state index in [9.17, 15) is 0 Å². The molecule has 54 heavy (non-hydrogen) atoms. The molecule has 0 spiro atoms. The number of aromatic nitrogens is 4. The summed E-state index contributed by atoms with van der Waals surface area (Å²) >= 11 is 0. The number of fused-ring (bicyclic) bond motifs is 8. The van der Waals surface area contributed by atoms with E-state index in [0.717, 1.165) is 76.9 Å². The molecular weight excluding hydrogens is 657 g/mol. The standard InChI is InChI=1S/C50H30N4/c1-4-10-45-37(6-1)28-39-22-21-38-29-40(30-52-48(38)50(39)53-45)31-11-13-32(14-12-31)41-24-25-42(44-9-3-2-8-43(41)44)33-15-17-34(18-16-33)46-26-23-36-20-19-35-7-5-27-51-47(35)49(36)54-46/h1-30H. The summed E-state index contributed by atoms with van der Waals surface area (Å²) in [6.07, 6.45) is 3.80. The monoisotopic (exact) mass is 686 g/mol. The summed E-state index contributed by atoms with van der Waals surface area (Å²) in [5.41, 5.74) is 13.7. The molecule has 250 valence electrons. The highest BCUT2D eigenvalue weighted by Crippen LogP contribution is 2.38. The van der Waals surface area contributed by atoms with E-state index in [1.54, 1.807) is 0 Å². The number of hydrogen-bond acceptors (Lipinski definition) is 4. The average molecular weight is 687 g/mol.